The lowest BCUT2D eigenvalue weighted by Gasteiger charge is -2.30. The molecule has 1 aromatic heterocycles. The number of hydrogen-bond donors (Lipinski definition) is 1. The van der Waals surface area contributed by atoms with Crippen molar-refractivity contribution in [2.45, 2.75) is 12.8 Å². The number of benzene rings is 5. The van der Waals surface area contributed by atoms with Crippen molar-refractivity contribution in [1.29, 1.82) is 0 Å². The highest BCUT2D eigenvalue weighted by molar-refractivity contribution is 6.25. The van der Waals surface area contributed by atoms with Crippen LogP contribution in [0.3, 0.4) is 0 Å². The summed E-state index contributed by atoms with van der Waals surface area (Å²) in [5.74, 6) is -0.00504. The monoisotopic (exact) mass is 648 g/mol. The predicted molar refractivity (Wildman–Crippen MR) is 190 cm³/mol. The van der Waals surface area contributed by atoms with Crippen LogP contribution < -0.4 is 10.2 Å². The predicted octanol–water partition coefficient (Wildman–Crippen LogP) is 5.43. The van der Waals surface area contributed by atoms with Crippen molar-refractivity contribution in [3.63, 3.8) is 0 Å². The van der Waals surface area contributed by atoms with Gasteiger partial charge in [-0.1, -0.05) is 48.5 Å². The third-order valence-corrected chi connectivity index (χ3v) is 9.61. The van der Waals surface area contributed by atoms with Crippen molar-refractivity contribution in [3.05, 3.63) is 76.8 Å². The number of amides is 1. The van der Waals surface area contributed by atoms with Gasteiger partial charge in [-0.25, -0.2) is 4.63 Å². The quantitative estimate of drug-likeness (QED) is 0.147. The number of nitrogens with one attached hydrogen (secondary N) is 1. The highest BCUT2D eigenvalue weighted by atomic mass is 16.6. The van der Waals surface area contributed by atoms with Gasteiger partial charge in [-0.15, -0.1) is 0 Å². The van der Waals surface area contributed by atoms with Crippen LogP contribution >= 0.6 is 0 Å². The molecule has 12 nitrogen and oxygen atoms in total. The minimum absolute atomic E-state index is 0.00504. The summed E-state index contributed by atoms with van der Waals surface area (Å²) in [7, 11) is 4.21. The highest BCUT2D eigenvalue weighted by Gasteiger charge is 2.23. The molecule has 0 bridgehead atoms. The molecule has 0 unspecified atom stereocenters. The van der Waals surface area contributed by atoms with E-state index in [1.54, 1.807) is 6.07 Å². The van der Waals surface area contributed by atoms with Crippen molar-refractivity contribution in [2.75, 3.05) is 83.2 Å². The maximum atomic E-state index is 13.5. The average molecular weight is 649 g/mol. The number of carbonyl (C=O) groups excluding carboxylic acids is 1. The van der Waals surface area contributed by atoms with Gasteiger partial charge < -0.3 is 20.0 Å². The van der Waals surface area contributed by atoms with E-state index >= 15 is 0 Å². The second-order valence-electron chi connectivity index (χ2n) is 12.9. The molecule has 1 N–H and O–H groups in total. The van der Waals surface area contributed by atoms with Crippen molar-refractivity contribution in [3.8, 4) is 0 Å². The Morgan fingerprint density at radius 1 is 0.771 bits per heavy atom. The Balaban J connectivity index is 1.02. The lowest BCUT2D eigenvalue weighted by molar-refractivity contribution is -0.383. The first-order valence-corrected chi connectivity index (χ1v) is 16.6. The van der Waals surface area contributed by atoms with Crippen molar-refractivity contribution in [1.82, 2.24) is 25.0 Å². The third-order valence-electron chi connectivity index (χ3n) is 9.61. The minimum atomic E-state index is -0.457. The number of rotatable bonds is 5. The second-order valence-corrected chi connectivity index (χ2v) is 12.9. The Kier molecular flexibility index (Phi) is 9.02. The number of hydrogen-bond acceptors (Lipinski definition) is 10. The minimum Gasteiger partial charge on any atom is -0.368 e. The molecular formula is C36H40N8O4. The summed E-state index contributed by atoms with van der Waals surface area (Å²) in [5, 5.41) is 29.7. The van der Waals surface area contributed by atoms with E-state index in [2.05, 4.69) is 97.9 Å². The highest BCUT2D eigenvalue weighted by Crippen LogP contribution is 2.37. The van der Waals surface area contributed by atoms with Gasteiger partial charge in [0.2, 0.25) is 11.4 Å². The Labute approximate surface area is 278 Å². The summed E-state index contributed by atoms with van der Waals surface area (Å²) in [4.78, 5) is 33.7. The van der Waals surface area contributed by atoms with Crippen LogP contribution in [-0.4, -0.2) is 109 Å². The first-order chi connectivity index (χ1) is 23.4. The molecule has 48 heavy (non-hydrogen) atoms. The van der Waals surface area contributed by atoms with Crippen LogP contribution in [0.1, 0.15) is 12.8 Å². The van der Waals surface area contributed by atoms with E-state index in [0.29, 0.717) is 12.1 Å². The molecule has 7 rings (SSSR count). The normalized spacial score (nSPS) is 17.0. The van der Waals surface area contributed by atoms with Crippen LogP contribution in [0.4, 0.5) is 17.1 Å². The molecule has 0 radical (unpaired) electrons. The molecule has 6 aromatic rings. The summed E-state index contributed by atoms with van der Waals surface area (Å²) in [6.45, 7) is 6.76. The van der Waals surface area contributed by atoms with Gasteiger partial charge in [0.25, 0.3) is 0 Å². The number of nitro groups is 1. The number of aromatic nitrogens is 2. The summed E-state index contributed by atoms with van der Waals surface area (Å²) >= 11 is 0. The summed E-state index contributed by atoms with van der Waals surface area (Å²) in [6, 6.07) is 22.3. The Bertz CT molecular complexity index is 2060. The standard InChI is InChI=1S/C36H40N8O4/c1-40-17-5-19-43(30-14-15-31(44(46)47)36-35(30)38-48-39-36)23-21-41(2)16-4-18-42(22-20-40)24-32(45)37-29-13-11-27-9-8-25-6-3-7-26-10-12-28(29)34(27)33(25)26/h3,6-15H,4-5,16-24H2,1-2H3,(H,37,45). The number of non-ortho nitro benzene ring substituents is 1. The number of anilines is 2. The molecule has 248 valence electrons. The van der Waals surface area contributed by atoms with Crippen LogP contribution in [0, 0.1) is 10.1 Å². The lowest BCUT2D eigenvalue weighted by atomic mass is 9.93. The molecule has 12 heteroatoms. The number of carbonyl (C=O) groups is 1. The number of nitrogens with zero attached hydrogens (tertiary/aromatic N) is 7. The Morgan fingerprint density at radius 2 is 1.44 bits per heavy atom. The van der Waals surface area contributed by atoms with Crippen LogP contribution in [0.25, 0.3) is 43.4 Å². The van der Waals surface area contributed by atoms with Crippen LogP contribution in [-0.2, 0) is 4.79 Å². The van der Waals surface area contributed by atoms with E-state index in [1.165, 1.54) is 33.0 Å². The van der Waals surface area contributed by atoms with Gasteiger partial charge >= 0.3 is 5.69 Å². The molecular weight excluding hydrogens is 608 g/mol. The fraction of sp³-hybridized carbons (Fsp3) is 0.361. The summed E-state index contributed by atoms with van der Waals surface area (Å²) in [5.41, 5.74) is 2.12. The zero-order chi connectivity index (χ0) is 33.2. The van der Waals surface area contributed by atoms with E-state index < -0.39 is 4.92 Å². The third kappa shape index (κ3) is 6.46. The first kappa shape index (κ1) is 31.7. The molecule has 5 aromatic carbocycles. The number of nitro benzene ring substituents is 1. The molecule has 1 amide bonds. The molecule has 1 aliphatic rings. The van der Waals surface area contributed by atoms with E-state index in [-0.39, 0.29) is 17.1 Å². The lowest BCUT2D eigenvalue weighted by Crippen LogP contribution is -2.41. The number of likely N-dealkylation sites (N-methyl/N-ethyl adjacent to an activating group) is 2. The smallest absolute Gasteiger partial charge is 0.300 e. The van der Waals surface area contributed by atoms with E-state index in [0.717, 1.165) is 82.0 Å². The maximum Gasteiger partial charge on any atom is 0.300 e. The van der Waals surface area contributed by atoms with Crippen LogP contribution in [0.5, 0.6) is 0 Å². The molecule has 0 aliphatic carbocycles. The van der Waals surface area contributed by atoms with Gasteiger partial charge in [0.15, 0.2) is 5.52 Å². The summed E-state index contributed by atoms with van der Waals surface area (Å²) in [6.07, 6.45) is 1.81. The fourth-order valence-electron chi connectivity index (χ4n) is 7.03. The van der Waals surface area contributed by atoms with E-state index in [1.807, 2.05) is 6.07 Å². The fourth-order valence-corrected chi connectivity index (χ4v) is 7.03. The number of fused-ring (bicyclic) bond motifs is 1. The molecule has 0 spiro atoms. The van der Waals surface area contributed by atoms with Gasteiger partial charge in [-0.05, 0) is 95.9 Å². The van der Waals surface area contributed by atoms with E-state index in [9.17, 15) is 14.9 Å². The zero-order valence-electron chi connectivity index (χ0n) is 27.4. The van der Waals surface area contributed by atoms with Gasteiger partial charge in [-0.2, -0.15) is 0 Å². The van der Waals surface area contributed by atoms with Gasteiger partial charge in [-0.3, -0.25) is 19.8 Å². The average Bonchev–Trinajstić information content (AvgIpc) is 3.58. The van der Waals surface area contributed by atoms with Crippen LogP contribution in [0.15, 0.2) is 71.4 Å². The molecule has 0 atom stereocenters. The van der Waals surface area contributed by atoms with Gasteiger partial charge in [0, 0.05) is 49.9 Å². The zero-order valence-corrected chi connectivity index (χ0v) is 27.4. The maximum absolute atomic E-state index is 13.5. The Morgan fingerprint density at radius 3 is 2.21 bits per heavy atom. The van der Waals surface area contributed by atoms with Crippen molar-refractivity contribution in [2.24, 2.45) is 0 Å². The second kappa shape index (κ2) is 13.7. The molecule has 1 saturated heterocycles. The largest absolute Gasteiger partial charge is 0.368 e. The van der Waals surface area contributed by atoms with E-state index in [4.69, 9.17) is 4.63 Å². The summed E-state index contributed by atoms with van der Waals surface area (Å²) < 4.78 is 4.92. The van der Waals surface area contributed by atoms with Gasteiger partial charge in [0.05, 0.1) is 17.2 Å². The van der Waals surface area contributed by atoms with Gasteiger partial charge in [0.1, 0.15) is 0 Å². The molecule has 0 saturated carbocycles. The SMILES string of the molecule is CN1CCCN(c2ccc([N+](=O)[O-])c3nonc23)CCN(C)CCCN(CC(=O)Nc2ccc3ccc4cccc5ccc2c3c45)CC1. The molecule has 1 aliphatic heterocycles. The first-order valence-electron chi connectivity index (χ1n) is 16.6. The molecule has 2 heterocycles. The Hall–Kier alpha value is -4.91. The van der Waals surface area contributed by atoms with Crippen molar-refractivity contribution >= 4 is 66.3 Å². The topological polar surface area (TPSA) is 124 Å². The molecule has 1 fully saturated rings. The van der Waals surface area contributed by atoms with Crippen molar-refractivity contribution < 1.29 is 14.3 Å². The van der Waals surface area contributed by atoms with Crippen LogP contribution in [0.2, 0.25) is 0 Å².